The van der Waals surface area contributed by atoms with Gasteiger partial charge in [0, 0.05) is 45.7 Å². The summed E-state index contributed by atoms with van der Waals surface area (Å²) in [5.74, 6) is 2.90. The molecule has 23 heavy (non-hydrogen) atoms. The van der Waals surface area contributed by atoms with Gasteiger partial charge in [-0.1, -0.05) is 0 Å². The van der Waals surface area contributed by atoms with Crippen LogP contribution >= 0.6 is 0 Å². The molecule has 0 saturated carbocycles. The number of nitrogens with zero attached hydrogens (tertiary/aromatic N) is 5. The van der Waals surface area contributed by atoms with Gasteiger partial charge in [0.2, 0.25) is 0 Å². The van der Waals surface area contributed by atoms with Crippen LogP contribution in [0.1, 0.15) is 25.0 Å². The van der Waals surface area contributed by atoms with Crippen LogP contribution in [0, 0.1) is 0 Å². The van der Waals surface area contributed by atoms with Gasteiger partial charge in [-0.3, -0.25) is 4.90 Å². The van der Waals surface area contributed by atoms with Crippen molar-refractivity contribution in [3.8, 4) is 0 Å². The SMILES string of the molecule is CCNC(=NCc1nnc2n1CCC2)NCCN1CCOCC1. The van der Waals surface area contributed by atoms with Crippen LogP contribution in [0.25, 0.3) is 0 Å². The molecule has 3 heterocycles. The minimum atomic E-state index is 0.569. The summed E-state index contributed by atoms with van der Waals surface area (Å²) in [4.78, 5) is 7.05. The molecule has 8 nitrogen and oxygen atoms in total. The Morgan fingerprint density at radius 3 is 2.91 bits per heavy atom. The van der Waals surface area contributed by atoms with E-state index in [1.165, 1.54) is 6.42 Å². The summed E-state index contributed by atoms with van der Waals surface area (Å²) in [6.07, 6.45) is 2.20. The maximum absolute atomic E-state index is 5.37. The average Bonchev–Trinajstić information content (AvgIpc) is 3.17. The van der Waals surface area contributed by atoms with Gasteiger partial charge >= 0.3 is 0 Å². The number of hydrogen-bond donors (Lipinski definition) is 2. The number of aromatic nitrogens is 3. The molecule has 2 N–H and O–H groups in total. The van der Waals surface area contributed by atoms with Crippen molar-refractivity contribution in [3.63, 3.8) is 0 Å². The summed E-state index contributed by atoms with van der Waals surface area (Å²) in [5, 5.41) is 15.2. The molecule has 2 aliphatic heterocycles. The lowest BCUT2D eigenvalue weighted by Crippen LogP contribution is -2.44. The predicted octanol–water partition coefficient (Wildman–Crippen LogP) is -0.388. The highest BCUT2D eigenvalue weighted by Gasteiger charge is 2.16. The first-order chi connectivity index (χ1) is 11.4. The fourth-order valence-corrected chi connectivity index (χ4v) is 2.98. The topological polar surface area (TPSA) is 79.6 Å². The molecule has 3 rings (SSSR count). The summed E-state index contributed by atoms with van der Waals surface area (Å²) in [6, 6.07) is 0. The Hall–Kier alpha value is -1.67. The molecule has 1 saturated heterocycles. The Bertz CT molecular complexity index is 522. The number of guanidine groups is 1. The Morgan fingerprint density at radius 1 is 1.22 bits per heavy atom. The number of rotatable bonds is 6. The normalized spacial score (nSPS) is 18.9. The number of aliphatic imine (C=N–C) groups is 1. The zero-order chi connectivity index (χ0) is 15.9. The Balaban J connectivity index is 1.48. The zero-order valence-corrected chi connectivity index (χ0v) is 13.9. The van der Waals surface area contributed by atoms with Crippen molar-refractivity contribution < 1.29 is 4.74 Å². The van der Waals surface area contributed by atoms with E-state index < -0.39 is 0 Å². The molecule has 1 aromatic heterocycles. The van der Waals surface area contributed by atoms with Gasteiger partial charge < -0.3 is 19.9 Å². The van der Waals surface area contributed by atoms with Crippen molar-refractivity contribution in [3.05, 3.63) is 11.6 Å². The summed E-state index contributed by atoms with van der Waals surface area (Å²) >= 11 is 0. The molecule has 0 radical (unpaired) electrons. The predicted molar refractivity (Wildman–Crippen MR) is 88.4 cm³/mol. The highest BCUT2D eigenvalue weighted by molar-refractivity contribution is 5.79. The first kappa shape index (κ1) is 16.2. The van der Waals surface area contributed by atoms with Crippen LogP contribution in [0.15, 0.2) is 4.99 Å². The van der Waals surface area contributed by atoms with Gasteiger partial charge in [-0.15, -0.1) is 10.2 Å². The number of nitrogens with one attached hydrogen (secondary N) is 2. The average molecular weight is 321 g/mol. The Kier molecular flexibility index (Phi) is 5.82. The van der Waals surface area contributed by atoms with E-state index in [-0.39, 0.29) is 0 Å². The second kappa shape index (κ2) is 8.26. The summed E-state index contributed by atoms with van der Waals surface area (Å²) < 4.78 is 7.56. The third-order valence-electron chi connectivity index (χ3n) is 4.23. The van der Waals surface area contributed by atoms with Crippen LogP contribution in [0.2, 0.25) is 0 Å². The summed E-state index contributed by atoms with van der Waals surface area (Å²) in [6.45, 7) is 10.1. The van der Waals surface area contributed by atoms with Crippen LogP contribution in [0.5, 0.6) is 0 Å². The third kappa shape index (κ3) is 4.42. The highest BCUT2D eigenvalue weighted by atomic mass is 16.5. The molecule has 1 aromatic rings. The van der Waals surface area contributed by atoms with E-state index in [0.29, 0.717) is 6.54 Å². The lowest BCUT2D eigenvalue weighted by atomic mass is 10.4. The molecule has 2 aliphatic rings. The number of fused-ring (bicyclic) bond motifs is 1. The van der Waals surface area contributed by atoms with Crippen LogP contribution in [-0.4, -0.2) is 71.6 Å². The maximum atomic E-state index is 5.37. The summed E-state index contributed by atoms with van der Waals surface area (Å²) in [7, 11) is 0. The standard InChI is InChI=1S/C15H27N7O/c1-2-16-15(17-5-7-21-8-10-23-11-9-21)18-12-14-20-19-13-4-3-6-22(13)14/h2-12H2,1H3,(H2,16,17,18). The highest BCUT2D eigenvalue weighted by Crippen LogP contribution is 2.14. The minimum absolute atomic E-state index is 0.569. The molecule has 1 fully saturated rings. The van der Waals surface area contributed by atoms with Gasteiger partial charge in [-0.05, 0) is 13.3 Å². The van der Waals surface area contributed by atoms with Crippen LogP contribution in [-0.2, 0) is 24.2 Å². The molecule has 0 aliphatic carbocycles. The lowest BCUT2D eigenvalue weighted by molar-refractivity contribution is 0.0389. The molecule has 0 aromatic carbocycles. The van der Waals surface area contributed by atoms with E-state index in [1.807, 2.05) is 0 Å². The molecule has 128 valence electrons. The number of hydrogen-bond acceptors (Lipinski definition) is 5. The quantitative estimate of drug-likeness (QED) is 0.549. The van der Waals surface area contributed by atoms with E-state index in [9.17, 15) is 0 Å². The number of morpholine rings is 1. The van der Waals surface area contributed by atoms with Crippen molar-refractivity contribution >= 4 is 5.96 Å². The van der Waals surface area contributed by atoms with Crippen molar-refractivity contribution in [2.75, 3.05) is 45.9 Å². The van der Waals surface area contributed by atoms with Crippen molar-refractivity contribution in [1.82, 2.24) is 30.3 Å². The van der Waals surface area contributed by atoms with Crippen LogP contribution < -0.4 is 10.6 Å². The minimum Gasteiger partial charge on any atom is -0.379 e. The molecular weight excluding hydrogens is 294 g/mol. The van der Waals surface area contributed by atoms with Crippen LogP contribution in [0.3, 0.4) is 0 Å². The fourth-order valence-electron chi connectivity index (χ4n) is 2.98. The van der Waals surface area contributed by atoms with Crippen LogP contribution in [0.4, 0.5) is 0 Å². The van der Waals surface area contributed by atoms with Crippen molar-refractivity contribution in [1.29, 1.82) is 0 Å². The van der Waals surface area contributed by atoms with E-state index in [0.717, 1.165) is 76.5 Å². The molecular formula is C15H27N7O. The van der Waals surface area contributed by atoms with Gasteiger partial charge in [0.15, 0.2) is 11.8 Å². The molecule has 0 bridgehead atoms. The third-order valence-corrected chi connectivity index (χ3v) is 4.23. The van der Waals surface area contributed by atoms with Gasteiger partial charge in [0.25, 0.3) is 0 Å². The largest absolute Gasteiger partial charge is 0.379 e. The first-order valence-corrected chi connectivity index (χ1v) is 8.60. The molecule has 0 spiro atoms. The van der Waals surface area contributed by atoms with Gasteiger partial charge in [0.05, 0.1) is 13.2 Å². The molecule has 0 atom stereocenters. The van der Waals surface area contributed by atoms with Gasteiger partial charge in [-0.2, -0.15) is 0 Å². The first-order valence-electron chi connectivity index (χ1n) is 8.60. The fraction of sp³-hybridized carbons (Fsp3) is 0.800. The van der Waals surface area contributed by atoms with E-state index in [1.54, 1.807) is 0 Å². The van der Waals surface area contributed by atoms with Crippen molar-refractivity contribution in [2.45, 2.75) is 32.9 Å². The lowest BCUT2D eigenvalue weighted by Gasteiger charge is -2.26. The zero-order valence-electron chi connectivity index (χ0n) is 13.9. The maximum Gasteiger partial charge on any atom is 0.191 e. The smallest absolute Gasteiger partial charge is 0.191 e. The summed E-state index contributed by atoms with van der Waals surface area (Å²) in [5.41, 5.74) is 0. The van der Waals surface area contributed by atoms with E-state index in [2.05, 4.69) is 42.2 Å². The Morgan fingerprint density at radius 2 is 2.09 bits per heavy atom. The van der Waals surface area contributed by atoms with E-state index in [4.69, 9.17) is 4.74 Å². The monoisotopic (exact) mass is 321 g/mol. The molecule has 8 heteroatoms. The van der Waals surface area contributed by atoms with E-state index >= 15 is 0 Å². The number of aryl methyl sites for hydroxylation is 1. The molecule has 0 unspecified atom stereocenters. The Labute approximate surface area is 137 Å². The second-order valence-corrected chi connectivity index (χ2v) is 5.86. The van der Waals surface area contributed by atoms with Gasteiger partial charge in [-0.25, -0.2) is 4.99 Å². The molecule has 0 amide bonds. The van der Waals surface area contributed by atoms with Gasteiger partial charge in [0.1, 0.15) is 12.4 Å². The van der Waals surface area contributed by atoms with Crippen molar-refractivity contribution in [2.24, 2.45) is 4.99 Å². The number of ether oxygens (including phenoxy) is 1. The second-order valence-electron chi connectivity index (χ2n) is 5.86.